The van der Waals surface area contributed by atoms with Crippen LogP contribution in [-0.4, -0.2) is 55.2 Å². The third-order valence-electron chi connectivity index (χ3n) is 6.45. The van der Waals surface area contributed by atoms with Crippen LogP contribution in [0.2, 0.25) is 0 Å². The standard InChI is InChI=1S/C23H27F6N3O3/c24-22(25,26)17-9-16(10-18(12-17)23(27,28)29)21(35)31-13-14-3-6-32(7-4-14)8-5-30-20(34)15-1-2-19(33)11-15/h9-10,12,14-15H,1-8,11,13H2,(H,30,34)(H,31,35)/t15-/m0/s1. The van der Waals surface area contributed by atoms with Crippen LogP contribution in [0.25, 0.3) is 0 Å². The molecule has 0 unspecified atom stereocenters. The van der Waals surface area contributed by atoms with Gasteiger partial charge in [-0.1, -0.05) is 0 Å². The number of carbonyl (C=O) groups excluding carboxylic acids is 3. The first-order valence-corrected chi connectivity index (χ1v) is 11.4. The minimum atomic E-state index is -5.02. The molecular weight excluding hydrogens is 480 g/mol. The first-order valence-electron chi connectivity index (χ1n) is 11.4. The van der Waals surface area contributed by atoms with Crippen LogP contribution in [0.5, 0.6) is 0 Å². The van der Waals surface area contributed by atoms with Gasteiger partial charge in [-0.15, -0.1) is 0 Å². The van der Waals surface area contributed by atoms with Crippen LogP contribution >= 0.6 is 0 Å². The Labute approximate surface area is 198 Å². The van der Waals surface area contributed by atoms with Gasteiger partial charge < -0.3 is 15.5 Å². The fourth-order valence-corrected chi connectivity index (χ4v) is 4.36. The lowest BCUT2D eigenvalue weighted by molar-refractivity contribution is -0.143. The predicted octanol–water partition coefficient (Wildman–Crippen LogP) is 3.65. The third kappa shape index (κ3) is 7.68. The van der Waals surface area contributed by atoms with E-state index in [0.717, 1.165) is 0 Å². The summed E-state index contributed by atoms with van der Waals surface area (Å²) in [6.07, 6.45) is -7.35. The van der Waals surface area contributed by atoms with Crippen LogP contribution in [0, 0.1) is 11.8 Å². The van der Waals surface area contributed by atoms with Crippen molar-refractivity contribution in [3.63, 3.8) is 0 Å². The van der Waals surface area contributed by atoms with Gasteiger partial charge in [0.25, 0.3) is 5.91 Å². The van der Waals surface area contributed by atoms with Crippen molar-refractivity contribution in [1.29, 1.82) is 0 Å². The molecule has 0 spiro atoms. The molecule has 12 heteroatoms. The summed E-state index contributed by atoms with van der Waals surface area (Å²) in [5.41, 5.74) is -3.75. The Morgan fingerprint density at radius 3 is 2.03 bits per heavy atom. The molecule has 2 aliphatic rings. The van der Waals surface area contributed by atoms with Gasteiger partial charge in [0.1, 0.15) is 5.78 Å². The zero-order chi connectivity index (χ0) is 25.8. The van der Waals surface area contributed by atoms with Crippen molar-refractivity contribution in [3.8, 4) is 0 Å². The number of hydrogen-bond acceptors (Lipinski definition) is 4. The zero-order valence-corrected chi connectivity index (χ0v) is 18.9. The smallest absolute Gasteiger partial charge is 0.355 e. The molecule has 0 radical (unpaired) electrons. The van der Waals surface area contributed by atoms with Crippen molar-refractivity contribution >= 4 is 17.6 Å². The van der Waals surface area contributed by atoms with Crippen molar-refractivity contribution in [2.75, 3.05) is 32.7 Å². The van der Waals surface area contributed by atoms with E-state index in [1.54, 1.807) is 0 Å². The Morgan fingerprint density at radius 2 is 1.51 bits per heavy atom. The number of amides is 2. The Balaban J connectivity index is 1.44. The van der Waals surface area contributed by atoms with Crippen molar-refractivity contribution in [3.05, 3.63) is 34.9 Å². The van der Waals surface area contributed by atoms with E-state index >= 15 is 0 Å². The largest absolute Gasteiger partial charge is 0.416 e. The van der Waals surface area contributed by atoms with Gasteiger partial charge in [0, 0.05) is 44.0 Å². The minimum absolute atomic E-state index is 0.0117. The number of nitrogens with zero attached hydrogens (tertiary/aromatic N) is 1. The van der Waals surface area contributed by atoms with E-state index in [-0.39, 0.29) is 36.1 Å². The fourth-order valence-electron chi connectivity index (χ4n) is 4.36. The number of carbonyl (C=O) groups is 3. The molecule has 2 amide bonds. The molecule has 1 saturated heterocycles. The second-order valence-electron chi connectivity index (χ2n) is 9.06. The summed E-state index contributed by atoms with van der Waals surface area (Å²) in [6, 6.07) is 0.827. The van der Waals surface area contributed by atoms with Gasteiger partial charge in [0.05, 0.1) is 11.1 Å². The van der Waals surface area contributed by atoms with Crippen molar-refractivity contribution < 1.29 is 40.7 Å². The second-order valence-corrected chi connectivity index (χ2v) is 9.06. The van der Waals surface area contributed by atoms with Gasteiger partial charge in [-0.3, -0.25) is 14.4 Å². The molecule has 1 aromatic rings. The number of benzene rings is 1. The topological polar surface area (TPSA) is 78.5 Å². The number of nitrogens with one attached hydrogen (secondary N) is 2. The van der Waals surface area contributed by atoms with Crippen molar-refractivity contribution in [2.45, 2.75) is 44.5 Å². The summed E-state index contributed by atoms with van der Waals surface area (Å²) in [7, 11) is 0. The number of rotatable bonds is 7. The van der Waals surface area contributed by atoms with E-state index in [1.165, 1.54) is 0 Å². The van der Waals surface area contributed by atoms with Crippen LogP contribution in [0.15, 0.2) is 18.2 Å². The van der Waals surface area contributed by atoms with Gasteiger partial charge in [0.15, 0.2) is 0 Å². The number of alkyl halides is 6. The highest BCUT2D eigenvalue weighted by Crippen LogP contribution is 2.36. The van der Waals surface area contributed by atoms with E-state index in [4.69, 9.17) is 0 Å². The Hall–Kier alpha value is -2.63. The van der Waals surface area contributed by atoms with Crippen LogP contribution in [-0.2, 0) is 21.9 Å². The molecule has 1 aliphatic heterocycles. The zero-order valence-electron chi connectivity index (χ0n) is 18.9. The average molecular weight is 507 g/mol. The molecule has 1 aromatic carbocycles. The molecule has 6 nitrogen and oxygen atoms in total. The lowest BCUT2D eigenvalue weighted by Gasteiger charge is -2.32. The van der Waals surface area contributed by atoms with Gasteiger partial charge in [-0.25, -0.2) is 0 Å². The summed E-state index contributed by atoms with van der Waals surface area (Å²) in [5.74, 6) is -1.22. The number of hydrogen-bond donors (Lipinski definition) is 2. The van der Waals surface area contributed by atoms with E-state index < -0.39 is 35.0 Å². The number of ketones is 1. The summed E-state index contributed by atoms with van der Waals surface area (Å²) in [4.78, 5) is 37.8. The van der Waals surface area contributed by atoms with Gasteiger partial charge in [-0.2, -0.15) is 26.3 Å². The molecule has 1 aliphatic carbocycles. The molecule has 2 fully saturated rings. The molecular formula is C23H27F6N3O3. The molecule has 0 aromatic heterocycles. The van der Waals surface area contributed by atoms with Gasteiger partial charge in [-0.05, 0) is 56.5 Å². The SMILES string of the molecule is O=C1CC[C@H](C(=O)NCCN2CCC(CNC(=O)c3cc(C(F)(F)F)cc(C(F)(F)F)c3)CC2)C1. The first kappa shape index (κ1) is 27.0. The highest BCUT2D eigenvalue weighted by Gasteiger charge is 2.37. The molecule has 1 saturated carbocycles. The van der Waals surface area contributed by atoms with E-state index in [0.29, 0.717) is 70.4 Å². The number of Topliss-reactive ketones (excluding diaryl/α,β-unsaturated/α-hetero) is 1. The highest BCUT2D eigenvalue weighted by atomic mass is 19.4. The number of piperidine rings is 1. The lowest BCUT2D eigenvalue weighted by atomic mass is 9.96. The maximum atomic E-state index is 13.0. The van der Waals surface area contributed by atoms with Crippen molar-refractivity contribution in [2.24, 2.45) is 11.8 Å². The Bertz CT molecular complexity index is 907. The summed E-state index contributed by atoms with van der Waals surface area (Å²) >= 11 is 0. The molecule has 1 heterocycles. The Kier molecular flexibility index (Phi) is 8.45. The van der Waals surface area contributed by atoms with E-state index in [2.05, 4.69) is 15.5 Å². The van der Waals surface area contributed by atoms with Crippen LogP contribution in [0.1, 0.15) is 53.6 Å². The monoisotopic (exact) mass is 507 g/mol. The molecule has 194 valence electrons. The minimum Gasteiger partial charge on any atom is -0.355 e. The summed E-state index contributed by atoms with van der Waals surface area (Å²) in [5, 5.41) is 5.30. The molecule has 0 bridgehead atoms. The lowest BCUT2D eigenvalue weighted by Crippen LogP contribution is -2.42. The van der Waals surface area contributed by atoms with Gasteiger partial charge in [0.2, 0.25) is 5.91 Å². The van der Waals surface area contributed by atoms with Crippen molar-refractivity contribution in [1.82, 2.24) is 15.5 Å². The predicted molar refractivity (Wildman–Crippen MR) is 113 cm³/mol. The third-order valence-corrected chi connectivity index (χ3v) is 6.45. The molecule has 35 heavy (non-hydrogen) atoms. The second kappa shape index (κ2) is 11.0. The molecule has 1 atom stereocenters. The van der Waals surface area contributed by atoms with Crippen LogP contribution in [0.3, 0.4) is 0 Å². The normalized spacial score (nSPS) is 20.2. The van der Waals surface area contributed by atoms with Crippen LogP contribution < -0.4 is 10.6 Å². The van der Waals surface area contributed by atoms with Crippen LogP contribution in [0.4, 0.5) is 26.3 Å². The maximum Gasteiger partial charge on any atom is 0.416 e. The summed E-state index contributed by atoms with van der Waals surface area (Å²) < 4.78 is 78.0. The molecule has 2 N–H and O–H groups in total. The number of halogens is 6. The van der Waals surface area contributed by atoms with E-state index in [1.807, 2.05) is 0 Å². The first-order chi connectivity index (χ1) is 16.3. The maximum absolute atomic E-state index is 13.0. The summed E-state index contributed by atoms with van der Waals surface area (Å²) in [6.45, 7) is 2.56. The average Bonchev–Trinajstić information content (AvgIpc) is 3.23. The van der Waals surface area contributed by atoms with Gasteiger partial charge >= 0.3 is 12.4 Å². The van der Waals surface area contributed by atoms with E-state index in [9.17, 15) is 40.7 Å². The number of likely N-dealkylation sites (tertiary alicyclic amines) is 1. The highest BCUT2D eigenvalue weighted by molar-refractivity contribution is 5.94. The fraction of sp³-hybridized carbons (Fsp3) is 0.609. The Morgan fingerprint density at radius 1 is 0.914 bits per heavy atom. The quantitative estimate of drug-likeness (QED) is 0.553. The molecule has 3 rings (SSSR count).